The van der Waals surface area contributed by atoms with Crippen LogP contribution in [0.5, 0.6) is 5.75 Å². The average molecular weight is 503 g/mol. The number of esters is 1. The van der Waals surface area contributed by atoms with Gasteiger partial charge in [0.15, 0.2) is 0 Å². The fourth-order valence-electron chi connectivity index (χ4n) is 5.91. The molecule has 1 N–H and O–H groups in total. The minimum atomic E-state index is -5.77. The number of aromatic carboxylic acids is 1. The standard InChI is InChI=1S/C23H25F3O7S/c1-3-19(27)32-17-11-13(21(28)29)10-12-4-5-14-15(20(12)17)8-9-22(2)16(14)6-7-18(22)33-34(30,31)23(24,25)26/h7,10-11,14-16H,3-6,8-9H2,1-2H3,(H,28,29)/t14-,15+,16+,22+/m1/s1. The maximum absolute atomic E-state index is 12.9. The van der Waals surface area contributed by atoms with Gasteiger partial charge in [0.2, 0.25) is 0 Å². The number of carboxylic acids is 1. The monoisotopic (exact) mass is 502 g/mol. The number of carboxylic acid groups (broad SMARTS) is 1. The van der Waals surface area contributed by atoms with Gasteiger partial charge in [0.1, 0.15) is 11.5 Å². The van der Waals surface area contributed by atoms with Crippen molar-refractivity contribution in [3.05, 3.63) is 40.7 Å². The Labute approximate surface area is 195 Å². The quantitative estimate of drug-likeness (QED) is 0.264. The van der Waals surface area contributed by atoms with Crippen LogP contribution >= 0.6 is 0 Å². The topological polar surface area (TPSA) is 107 Å². The number of halogens is 3. The Hall–Kier alpha value is -2.56. The summed E-state index contributed by atoms with van der Waals surface area (Å²) in [6.45, 7) is 3.37. The SMILES string of the molecule is CCC(=O)Oc1cc(C(=O)O)cc2c1[C@H]1CC[C@]3(C)C(OS(=O)(=O)C(F)(F)F)=CC[C@H]3[C@@H]1CC2. The summed E-state index contributed by atoms with van der Waals surface area (Å²) in [6.07, 6.45) is 3.95. The first kappa shape index (κ1) is 24.6. The van der Waals surface area contributed by atoms with Gasteiger partial charge in [0, 0.05) is 17.4 Å². The molecule has 186 valence electrons. The van der Waals surface area contributed by atoms with Crippen LogP contribution in [0.4, 0.5) is 13.2 Å². The molecule has 0 radical (unpaired) electrons. The van der Waals surface area contributed by atoms with E-state index in [-0.39, 0.29) is 41.2 Å². The van der Waals surface area contributed by atoms with Crippen molar-refractivity contribution in [2.45, 2.75) is 63.8 Å². The molecule has 0 spiro atoms. The fourth-order valence-corrected chi connectivity index (χ4v) is 6.50. The number of hydrogen-bond acceptors (Lipinski definition) is 6. The van der Waals surface area contributed by atoms with Crippen molar-refractivity contribution < 1.29 is 45.2 Å². The van der Waals surface area contributed by atoms with Crippen molar-refractivity contribution in [3.63, 3.8) is 0 Å². The number of allylic oxidation sites excluding steroid dienone is 2. The predicted octanol–water partition coefficient (Wildman–Crippen LogP) is 4.92. The Kier molecular flexibility index (Phi) is 5.98. The summed E-state index contributed by atoms with van der Waals surface area (Å²) in [6, 6.07) is 2.94. The van der Waals surface area contributed by atoms with E-state index in [4.69, 9.17) is 4.74 Å². The van der Waals surface area contributed by atoms with Crippen molar-refractivity contribution in [1.29, 1.82) is 0 Å². The van der Waals surface area contributed by atoms with E-state index in [1.54, 1.807) is 19.9 Å². The van der Waals surface area contributed by atoms with E-state index in [9.17, 15) is 36.3 Å². The fraction of sp³-hybridized carbons (Fsp3) is 0.565. The molecule has 0 aliphatic heterocycles. The zero-order valence-electron chi connectivity index (χ0n) is 18.6. The van der Waals surface area contributed by atoms with Gasteiger partial charge < -0.3 is 14.0 Å². The van der Waals surface area contributed by atoms with Crippen LogP contribution in [0.1, 0.15) is 73.4 Å². The van der Waals surface area contributed by atoms with E-state index in [0.29, 0.717) is 32.1 Å². The smallest absolute Gasteiger partial charge is 0.478 e. The molecule has 1 fully saturated rings. The summed E-state index contributed by atoms with van der Waals surface area (Å²) in [4.78, 5) is 23.7. The molecule has 3 aliphatic carbocycles. The second kappa shape index (κ2) is 8.28. The first-order chi connectivity index (χ1) is 15.8. The molecule has 4 atom stereocenters. The number of ether oxygens (including phenoxy) is 1. The van der Waals surface area contributed by atoms with Gasteiger partial charge in [0.25, 0.3) is 0 Å². The molecule has 1 aromatic carbocycles. The van der Waals surface area contributed by atoms with Crippen LogP contribution < -0.4 is 4.74 Å². The molecule has 0 aromatic heterocycles. The lowest BCUT2D eigenvalue weighted by Crippen LogP contribution is -2.42. The Morgan fingerprint density at radius 1 is 1.24 bits per heavy atom. The summed E-state index contributed by atoms with van der Waals surface area (Å²) in [5, 5.41) is 9.48. The molecule has 0 saturated heterocycles. The van der Waals surface area contributed by atoms with E-state index in [0.717, 1.165) is 11.1 Å². The van der Waals surface area contributed by atoms with Crippen LogP contribution in [0, 0.1) is 17.3 Å². The molecule has 4 rings (SSSR count). The highest BCUT2D eigenvalue weighted by molar-refractivity contribution is 7.87. The zero-order chi connectivity index (χ0) is 25.1. The number of carbonyl (C=O) groups excluding carboxylic acids is 1. The van der Waals surface area contributed by atoms with Gasteiger partial charge >= 0.3 is 27.6 Å². The van der Waals surface area contributed by atoms with Crippen molar-refractivity contribution >= 4 is 22.1 Å². The molecule has 1 aromatic rings. The third kappa shape index (κ3) is 3.97. The molecule has 0 heterocycles. The first-order valence-electron chi connectivity index (χ1n) is 11.1. The van der Waals surface area contributed by atoms with Gasteiger partial charge in [-0.25, -0.2) is 4.79 Å². The molecule has 3 aliphatic rings. The second-order valence-electron chi connectivity index (χ2n) is 9.34. The lowest BCUT2D eigenvalue weighted by atomic mass is 9.55. The lowest BCUT2D eigenvalue weighted by molar-refractivity contribution is -0.134. The van der Waals surface area contributed by atoms with Crippen molar-refractivity contribution in [1.82, 2.24) is 0 Å². The Morgan fingerprint density at radius 3 is 2.56 bits per heavy atom. The largest absolute Gasteiger partial charge is 0.534 e. The second-order valence-corrected chi connectivity index (χ2v) is 10.9. The van der Waals surface area contributed by atoms with Crippen LogP contribution in [0.25, 0.3) is 0 Å². The van der Waals surface area contributed by atoms with Crippen LogP contribution in [-0.4, -0.2) is 31.0 Å². The Bertz CT molecular complexity index is 1170. The minimum absolute atomic E-state index is 0.0207. The molecule has 34 heavy (non-hydrogen) atoms. The van der Waals surface area contributed by atoms with Gasteiger partial charge in [-0.3, -0.25) is 4.79 Å². The maximum Gasteiger partial charge on any atom is 0.534 e. The van der Waals surface area contributed by atoms with Crippen LogP contribution in [0.15, 0.2) is 24.0 Å². The van der Waals surface area contributed by atoms with Crippen LogP contribution in [-0.2, 0) is 25.5 Å². The minimum Gasteiger partial charge on any atom is -0.478 e. The number of rotatable bonds is 5. The van der Waals surface area contributed by atoms with E-state index in [2.05, 4.69) is 4.18 Å². The first-order valence-corrected chi connectivity index (χ1v) is 12.5. The summed E-state index contributed by atoms with van der Waals surface area (Å²) in [5.41, 5.74) is -4.82. The summed E-state index contributed by atoms with van der Waals surface area (Å²) >= 11 is 0. The number of carbonyl (C=O) groups is 2. The molecule has 1 saturated carbocycles. The van der Waals surface area contributed by atoms with Crippen molar-refractivity contribution in [2.24, 2.45) is 17.3 Å². The highest BCUT2D eigenvalue weighted by Crippen LogP contribution is 2.62. The lowest BCUT2D eigenvalue weighted by Gasteiger charge is -2.49. The molecule has 0 bridgehead atoms. The molecule has 0 unspecified atom stereocenters. The normalized spacial score (nSPS) is 28.3. The van der Waals surface area contributed by atoms with Crippen LogP contribution in [0.3, 0.4) is 0 Å². The molecular formula is C23H25F3O7S. The van der Waals surface area contributed by atoms with Gasteiger partial charge in [-0.1, -0.05) is 13.8 Å². The summed E-state index contributed by atoms with van der Waals surface area (Å²) in [7, 11) is -5.77. The summed E-state index contributed by atoms with van der Waals surface area (Å²) in [5.74, 6) is -1.87. The van der Waals surface area contributed by atoms with E-state index in [1.165, 1.54) is 12.1 Å². The molecule has 0 amide bonds. The van der Waals surface area contributed by atoms with E-state index >= 15 is 0 Å². The summed E-state index contributed by atoms with van der Waals surface area (Å²) < 4.78 is 72.1. The zero-order valence-corrected chi connectivity index (χ0v) is 19.5. The number of fused-ring (bicyclic) bond motifs is 5. The predicted molar refractivity (Wildman–Crippen MR) is 113 cm³/mol. The highest BCUT2D eigenvalue weighted by atomic mass is 32.2. The van der Waals surface area contributed by atoms with Crippen molar-refractivity contribution in [2.75, 3.05) is 0 Å². The van der Waals surface area contributed by atoms with Crippen molar-refractivity contribution in [3.8, 4) is 5.75 Å². The molecular weight excluding hydrogens is 477 g/mol. The van der Waals surface area contributed by atoms with Crippen LogP contribution in [0.2, 0.25) is 0 Å². The van der Waals surface area contributed by atoms with E-state index < -0.39 is 33.0 Å². The number of benzene rings is 1. The third-order valence-corrected chi connectivity index (χ3v) is 8.50. The average Bonchev–Trinajstić information content (AvgIpc) is 3.08. The number of alkyl halides is 3. The van der Waals surface area contributed by atoms with Gasteiger partial charge in [0.05, 0.1) is 5.56 Å². The number of aryl methyl sites for hydroxylation is 1. The Morgan fingerprint density at radius 2 is 1.94 bits per heavy atom. The maximum atomic E-state index is 12.9. The molecule has 11 heteroatoms. The Balaban J connectivity index is 1.68. The molecule has 7 nitrogen and oxygen atoms in total. The van der Waals surface area contributed by atoms with Gasteiger partial charge in [-0.2, -0.15) is 21.6 Å². The van der Waals surface area contributed by atoms with Gasteiger partial charge in [-0.05, 0) is 73.6 Å². The van der Waals surface area contributed by atoms with Gasteiger partial charge in [-0.15, -0.1) is 0 Å². The third-order valence-electron chi connectivity index (χ3n) is 7.53. The number of hydrogen-bond donors (Lipinski definition) is 1. The highest BCUT2D eigenvalue weighted by Gasteiger charge is 2.57. The van der Waals surface area contributed by atoms with E-state index in [1.807, 2.05) is 0 Å².